The van der Waals surface area contributed by atoms with Gasteiger partial charge in [-0.2, -0.15) is 0 Å². The van der Waals surface area contributed by atoms with E-state index in [1.807, 2.05) is 24.8 Å². The zero-order valence-corrected chi connectivity index (χ0v) is 51.4. The quantitative estimate of drug-likeness (QED) is 0.0858. The summed E-state index contributed by atoms with van der Waals surface area (Å²) in [6, 6.07) is 74.5. The standard InChI is InChI=1S/C80H62N12/c1-5-51-29-37-63-73(85-45-41-81-63)77(51)89(55-21-13-9-14-22-55)67-49-68(90(56-23-15-10-16-24-56)78-52(6-2)30-38-64-74(78)86-46-42-82-64)60-35-36-62-70(92(58-27-19-12-20-28-58)80-54(8-4)32-40-66-76(80)88-48-44-84-66)50-69(61-34-33-59(67)71(60)72(61)62)91(57-25-17-11-18-26-57)79-53(7-3)31-39-65-75(79)87-47-43-83-65/h9-50H,5-8H2,1-4H3. The summed E-state index contributed by atoms with van der Waals surface area (Å²) < 4.78 is 0. The molecule has 0 aliphatic carbocycles. The van der Waals surface area contributed by atoms with Crippen LogP contribution in [-0.4, -0.2) is 39.9 Å². The minimum atomic E-state index is 0.739. The Balaban J connectivity index is 1.16. The van der Waals surface area contributed by atoms with Crippen LogP contribution in [0, 0.1) is 0 Å². The molecule has 0 N–H and O–H groups in total. The van der Waals surface area contributed by atoms with Gasteiger partial charge in [0.15, 0.2) is 0 Å². The molecule has 442 valence electrons. The molecule has 0 saturated carbocycles. The lowest BCUT2D eigenvalue weighted by atomic mass is 9.88. The van der Waals surface area contributed by atoms with Crippen molar-refractivity contribution in [2.24, 2.45) is 0 Å². The van der Waals surface area contributed by atoms with Crippen molar-refractivity contribution in [3.05, 3.63) is 278 Å². The van der Waals surface area contributed by atoms with E-state index in [1.165, 1.54) is 0 Å². The van der Waals surface area contributed by atoms with Crippen molar-refractivity contribution in [3.63, 3.8) is 0 Å². The van der Waals surface area contributed by atoms with Gasteiger partial charge in [0.25, 0.3) is 0 Å². The molecular weight excluding hydrogens is 1130 g/mol. The van der Waals surface area contributed by atoms with Gasteiger partial charge in [0.05, 0.1) is 67.6 Å². The highest BCUT2D eigenvalue weighted by atomic mass is 15.2. The van der Waals surface area contributed by atoms with Gasteiger partial charge < -0.3 is 19.6 Å². The molecule has 0 fully saturated rings. The third-order valence-corrected chi connectivity index (χ3v) is 18.0. The van der Waals surface area contributed by atoms with Crippen LogP contribution in [0.25, 0.3) is 76.5 Å². The molecule has 4 heterocycles. The predicted molar refractivity (Wildman–Crippen MR) is 379 cm³/mol. The molecular formula is C80H62N12. The Morgan fingerprint density at radius 1 is 0.239 bits per heavy atom. The second-order valence-electron chi connectivity index (χ2n) is 23.0. The molecule has 0 atom stereocenters. The summed E-state index contributed by atoms with van der Waals surface area (Å²) in [4.78, 5) is 50.5. The molecule has 16 rings (SSSR count). The highest BCUT2D eigenvalue weighted by Gasteiger charge is 2.33. The number of hydrogen-bond donors (Lipinski definition) is 0. The molecule has 12 aromatic carbocycles. The van der Waals surface area contributed by atoms with Gasteiger partial charge in [-0.25, -0.2) is 0 Å². The number of nitrogens with zero attached hydrogens (tertiary/aromatic N) is 12. The van der Waals surface area contributed by atoms with E-state index in [9.17, 15) is 0 Å². The molecule has 0 aliphatic rings. The largest absolute Gasteiger partial charge is 0.307 e. The summed E-state index contributed by atoms with van der Waals surface area (Å²) in [5.41, 5.74) is 22.5. The summed E-state index contributed by atoms with van der Waals surface area (Å²) in [5.74, 6) is 0. The van der Waals surface area contributed by atoms with Gasteiger partial charge in [-0.15, -0.1) is 0 Å². The highest BCUT2D eigenvalue weighted by Crippen LogP contribution is 2.57. The first-order chi connectivity index (χ1) is 45.5. The number of hydrogen-bond acceptors (Lipinski definition) is 12. The van der Waals surface area contributed by atoms with Crippen LogP contribution in [0.2, 0.25) is 0 Å². The number of aryl methyl sites for hydroxylation is 4. The van der Waals surface area contributed by atoms with Crippen molar-refractivity contribution in [2.45, 2.75) is 53.4 Å². The van der Waals surface area contributed by atoms with Crippen molar-refractivity contribution >= 4 is 145 Å². The molecule has 0 aliphatic heterocycles. The van der Waals surface area contributed by atoms with Gasteiger partial charge in [-0.3, -0.25) is 39.9 Å². The molecule has 0 amide bonds. The van der Waals surface area contributed by atoms with Gasteiger partial charge >= 0.3 is 0 Å². The Kier molecular flexibility index (Phi) is 14.1. The van der Waals surface area contributed by atoms with E-state index >= 15 is 0 Å². The maximum absolute atomic E-state index is 5.22. The number of para-hydroxylation sites is 4. The zero-order chi connectivity index (χ0) is 61.8. The van der Waals surface area contributed by atoms with E-state index in [4.69, 9.17) is 39.9 Å². The Hall–Kier alpha value is -11.8. The molecule has 0 spiro atoms. The fourth-order valence-corrected chi connectivity index (χ4v) is 13.9. The van der Waals surface area contributed by atoms with Gasteiger partial charge in [-0.05, 0) is 133 Å². The Bertz CT molecular complexity index is 4770. The van der Waals surface area contributed by atoms with Crippen LogP contribution in [-0.2, 0) is 25.7 Å². The van der Waals surface area contributed by atoms with E-state index in [0.29, 0.717) is 0 Å². The van der Waals surface area contributed by atoms with Crippen LogP contribution < -0.4 is 19.6 Å². The van der Waals surface area contributed by atoms with Crippen LogP contribution in [0.5, 0.6) is 0 Å². The van der Waals surface area contributed by atoms with E-state index in [1.54, 1.807) is 24.8 Å². The number of fused-ring (bicyclic) bond motifs is 4. The lowest BCUT2D eigenvalue weighted by Gasteiger charge is -2.36. The molecule has 0 unspecified atom stereocenters. The van der Waals surface area contributed by atoms with Crippen molar-refractivity contribution in [3.8, 4) is 0 Å². The van der Waals surface area contributed by atoms with Crippen LogP contribution >= 0.6 is 0 Å². The lowest BCUT2D eigenvalue weighted by Crippen LogP contribution is -2.18. The molecule has 12 heteroatoms. The van der Waals surface area contributed by atoms with Crippen LogP contribution in [0.4, 0.5) is 68.2 Å². The lowest BCUT2D eigenvalue weighted by molar-refractivity contribution is 1.11. The summed E-state index contributed by atoms with van der Waals surface area (Å²) >= 11 is 0. The topological polar surface area (TPSA) is 116 Å². The predicted octanol–water partition coefficient (Wildman–Crippen LogP) is 20.5. The fraction of sp³-hybridized carbons (Fsp3) is 0.100. The van der Waals surface area contributed by atoms with Gasteiger partial charge in [0, 0.05) is 105 Å². The van der Waals surface area contributed by atoms with E-state index < -0.39 is 0 Å². The number of benzene rings is 12. The Labute approximate surface area is 532 Å². The second-order valence-corrected chi connectivity index (χ2v) is 23.0. The molecule has 92 heavy (non-hydrogen) atoms. The number of aromatic nitrogens is 8. The van der Waals surface area contributed by atoms with Crippen LogP contribution in [0.3, 0.4) is 0 Å². The van der Waals surface area contributed by atoms with Crippen molar-refractivity contribution in [2.75, 3.05) is 19.6 Å². The number of anilines is 12. The van der Waals surface area contributed by atoms with E-state index in [2.05, 4.69) is 254 Å². The fourth-order valence-electron chi connectivity index (χ4n) is 13.9. The maximum Gasteiger partial charge on any atom is 0.113 e. The molecule has 0 radical (unpaired) electrons. The minimum Gasteiger partial charge on any atom is -0.307 e. The van der Waals surface area contributed by atoms with E-state index in [-0.39, 0.29) is 0 Å². The first-order valence-electron chi connectivity index (χ1n) is 31.6. The zero-order valence-electron chi connectivity index (χ0n) is 51.4. The third-order valence-electron chi connectivity index (χ3n) is 18.0. The van der Waals surface area contributed by atoms with Crippen molar-refractivity contribution in [1.29, 1.82) is 0 Å². The summed E-state index contributed by atoms with van der Waals surface area (Å²) in [6.45, 7) is 8.90. The molecule has 4 aromatic heterocycles. The molecule has 16 aromatic rings. The van der Waals surface area contributed by atoms with Crippen molar-refractivity contribution in [1.82, 2.24) is 39.9 Å². The summed E-state index contributed by atoms with van der Waals surface area (Å²) in [6.07, 6.45) is 17.3. The smallest absolute Gasteiger partial charge is 0.113 e. The molecule has 0 saturated heterocycles. The minimum absolute atomic E-state index is 0.739. The van der Waals surface area contributed by atoms with E-state index in [0.717, 1.165) is 193 Å². The third kappa shape index (κ3) is 9.12. The first kappa shape index (κ1) is 55.5. The van der Waals surface area contributed by atoms with Crippen molar-refractivity contribution < 1.29 is 0 Å². The molecule has 12 nitrogen and oxygen atoms in total. The summed E-state index contributed by atoms with van der Waals surface area (Å²) in [7, 11) is 0. The van der Waals surface area contributed by atoms with Crippen LogP contribution in [0.15, 0.2) is 256 Å². The van der Waals surface area contributed by atoms with Gasteiger partial charge in [0.1, 0.15) is 22.1 Å². The normalized spacial score (nSPS) is 11.7. The SMILES string of the molecule is CCc1ccc2nccnc2c1N(c1ccccc1)c1cc(N(c2ccccc2)c2c(CC)ccc3nccnc23)c2ccc3c(N(c4ccccc4)c4c(CC)ccc5nccnc45)cc(N(c4ccccc4)c4c(CC)ccc5nccnc45)c4ccc1c2c43. The number of rotatable bonds is 16. The second kappa shape index (κ2) is 23.3. The highest BCUT2D eigenvalue weighted by molar-refractivity contribution is 6.33. The monoisotopic (exact) mass is 1190 g/mol. The van der Waals surface area contributed by atoms with Gasteiger partial charge in [-0.1, -0.05) is 149 Å². The van der Waals surface area contributed by atoms with Crippen LogP contribution in [0.1, 0.15) is 49.9 Å². The maximum atomic E-state index is 5.22. The Morgan fingerprint density at radius 3 is 0.674 bits per heavy atom. The Morgan fingerprint density at radius 2 is 0.457 bits per heavy atom. The molecule has 0 bridgehead atoms. The summed E-state index contributed by atoms with van der Waals surface area (Å²) in [5, 5.41) is 6.26. The van der Waals surface area contributed by atoms with Gasteiger partial charge in [0.2, 0.25) is 0 Å². The average molecular weight is 1190 g/mol. The average Bonchev–Trinajstić information content (AvgIpc) is 0.699. The first-order valence-corrected chi connectivity index (χ1v) is 31.6.